The number of ether oxygens (including phenoxy) is 1. The summed E-state index contributed by atoms with van der Waals surface area (Å²) < 4.78 is 49.7. The summed E-state index contributed by atoms with van der Waals surface area (Å²) in [7, 11) is 0.946. The summed E-state index contributed by atoms with van der Waals surface area (Å²) in [5.74, 6) is -0.425. The molecular weight excluding hydrogens is 308 g/mol. The van der Waals surface area contributed by atoms with Crippen LogP contribution < -0.4 is 4.74 Å². The van der Waals surface area contributed by atoms with Gasteiger partial charge in [-0.1, -0.05) is 23.2 Å². The third-order valence-electron chi connectivity index (χ3n) is 1.49. The predicted octanol–water partition coefficient (Wildman–Crippen LogP) is 3.52. The normalized spacial score (nSPS) is 11.9. The van der Waals surface area contributed by atoms with Crippen molar-refractivity contribution in [2.24, 2.45) is 0 Å². The van der Waals surface area contributed by atoms with Gasteiger partial charge in [0.25, 0.3) is 9.05 Å². The summed E-state index contributed by atoms with van der Waals surface area (Å²) in [5.41, 5.74) is 0. The molecule has 0 heterocycles. The lowest BCUT2D eigenvalue weighted by Gasteiger charge is -2.09. The molecule has 0 saturated carbocycles. The van der Waals surface area contributed by atoms with E-state index in [4.69, 9.17) is 33.9 Å². The highest BCUT2D eigenvalue weighted by Gasteiger charge is 2.21. The molecule has 9 heteroatoms. The van der Waals surface area contributed by atoms with E-state index < -0.39 is 36.4 Å². The third-order valence-corrected chi connectivity index (χ3v) is 3.83. The minimum atomic E-state index is -4.09. The molecule has 0 fully saturated rings. The summed E-state index contributed by atoms with van der Waals surface area (Å²) in [6.45, 7) is -3.09. The maximum Gasteiger partial charge on any atom is 0.387 e. The Kier molecular flexibility index (Phi) is 4.23. The zero-order valence-electron chi connectivity index (χ0n) is 7.25. The lowest BCUT2D eigenvalue weighted by atomic mass is 10.3. The van der Waals surface area contributed by atoms with Gasteiger partial charge in [0.15, 0.2) is 0 Å². The van der Waals surface area contributed by atoms with Gasteiger partial charge in [-0.25, -0.2) is 8.42 Å². The fraction of sp³-hybridized carbons (Fsp3) is 0.143. The second-order valence-corrected chi connectivity index (χ2v) is 5.80. The van der Waals surface area contributed by atoms with Crippen molar-refractivity contribution in [1.29, 1.82) is 0 Å². The average Bonchev–Trinajstić information content (AvgIpc) is 2.10. The number of hydrogen-bond donors (Lipinski definition) is 0. The maximum absolute atomic E-state index is 11.9. The first-order valence-corrected chi connectivity index (χ1v) is 6.67. The number of alkyl halides is 2. The van der Waals surface area contributed by atoms with Gasteiger partial charge in [-0.05, 0) is 12.1 Å². The standard InChI is InChI=1S/C7H3Cl3F2O3S/c8-5-3(15-7(11)12)1-2-4(6(5)9)16(10,13)14/h1-2,7H. The van der Waals surface area contributed by atoms with Crippen LogP contribution in [-0.2, 0) is 9.05 Å². The first-order chi connectivity index (χ1) is 7.23. The number of hydrogen-bond acceptors (Lipinski definition) is 3. The highest BCUT2D eigenvalue weighted by Crippen LogP contribution is 2.38. The molecule has 0 aliphatic rings. The number of benzene rings is 1. The van der Waals surface area contributed by atoms with Gasteiger partial charge in [0, 0.05) is 10.7 Å². The SMILES string of the molecule is O=S(=O)(Cl)c1ccc(OC(F)F)c(Cl)c1Cl. The van der Waals surface area contributed by atoms with E-state index in [1.807, 2.05) is 0 Å². The molecule has 90 valence electrons. The first kappa shape index (κ1) is 13.8. The highest BCUT2D eigenvalue weighted by molar-refractivity contribution is 8.13. The third kappa shape index (κ3) is 3.10. The van der Waals surface area contributed by atoms with E-state index in [9.17, 15) is 17.2 Å². The molecule has 0 amide bonds. The van der Waals surface area contributed by atoms with Crippen LogP contribution in [0.1, 0.15) is 0 Å². The summed E-state index contributed by atoms with van der Waals surface area (Å²) in [6.07, 6.45) is 0. The topological polar surface area (TPSA) is 43.4 Å². The van der Waals surface area contributed by atoms with Crippen LogP contribution in [0.3, 0.4) is 0 Å². The van der Waals surface area contributed by atoms with Crippen molar-refractivity contribution < 1.29 is 21.9 Å². The molecule has 3 nitrogen and oxygen atoms in total. The summed E-state index contributed by atoms with van der Waals surface area (Å²) in [6, 6.07) is 1.86. The average molecular weight is 312 g/mol. The molecule has 0 radical (unpaired) electrons. The zero-order valence-corrected chi connectivity index (χ0v) is 10.3. The van der Waals surface area contributed by atoms with Gasteiger partial charge in [0.05, 0.1) is 5.02 Å². The molecule has 1 rings (SSSR count). The maximum atomic E-state index is 11.9. The van der Waals surface area contributed by atoms with Crippen molar-refractivity contribution in [3.63, 3.8) is 0 Å². The lowest BCUT2D eigenvalue weighted by Crippen LogP contribution is -2.03. The quantitative estimate of drug-likeness (QED) is 0.802. The number of halogens is 5. The van der Waals surface area contributed by atoms with E-state index in [-0.39, 0.29) is 0 Å². The predicted molar refractivity (Wildman–Crippen MR) is 56.1 cm³/mol. The minimum Gasteiger partial charge on any atom is -0.433 e. The number of rotatable bonds is 3. The van der Waals surface area contributed by atoms with Crippen molar-refractivity contribution in [3.05, 3.63) is 22.2 Å². The first-order valence-electron chi connectivity index (χ1n) is 3.61. The van der Waals surface area contributed by atoms with Crippen LogP contribution in [0.4, 0.5) is 8.78 Å². The second-order valence-electron chi connectivity index (χ2n) is 2.51. The Hall–Kier alpha value is -0.300. The van der Waals surface area contributed by atoms with Crippen LogP contribution in [-0.4, -0.2) is 15.0 Å². The summed E-state index contributed by atoms with van der Waals surface area (Å²) in [5, 5.41) is -0.904. The second kappa shape index (κ2) is 4.91. The van der Waals surface area contributed by atoms with Crippen molar-refractivity contribution in [1.82, 2.24) is 0 Å². The van der Waals surface area contributed by atoms with Crippen LogP contribution in [0.25, 0.3) is 0 Å². The molecule has 0 unspecified atom stereocenters. The molecule has 0 bridgehead atoms. The van der Waals surface area contributed by atoms with Gasteiger partial charge in [-0.15, -0.1) is 0 Å². The Morgan fingerprint density at radius 2 is 1.75 bits per heavy atom. The Morgan fingerprint density at radius 1 is 1.19 bits per heavy atom. The molecular formula is C7H3Cl3F2O3S. The van der Waals surface area contributed by atoms with Gasteiger partial charge in [-0.2, -0.15) is 8.78 Å². The summed E-state index contributed by atoms with van der Waals surface area (Å²) in [4.78, 5) is -0.470. The van der Waals surface area contributed by atoms with E-state index in [1.165, 1.54) is 0 Å². The van der Waals surface area contributed by atoms with Crippen molar-refractivity contribution in [2.75, 3.05) is 0 Å². The molecule has 0 spiro atoms. The lowest BCUT2D eigenvalue weighted by molar-refractivity contribution is -0.0498. The van der Waals surface area contributed by atoms with Crippen LogP contribution >= 0.6 is 33.9 Å². The molecule has 0 aromatic heterocycles. The molecule has 0 aliphatic carbocycles. The molecule has 1 aromatic carbocycles. The van der Waals surface area contributed by atoms with Gasteiger partial charge in [0.1, 0.15) is 15.7 Å². The Labute approximate surface area is 104 Å². The smallest absolute Gasteiger partial charge is 0.387 e. The fourth-order valence-corrected chi connectivity index (χ4v) is 2.67. The van der Waals surface area contributed by atoms with Gasteiger partial charge in [-0.3, -0.25) is 0 Å². The molecule has 16 heavy (non-hydrogen) atoms. The summed E-state index contributed by atoms with van der Waals surface area (Å²) >= 11 is 11.1. The monoisotopic (exact) mass is 310 g/mol. The minimum absolute atomic E-state index is 0.425. The van der Waals surface area contributed by atoms with E-state index in [1.54, 1.807) is 0 Å². The molecule has 0 aliphatic heterocycles. The Morgan fingerprint density at radius 3 is 2.19 bits per heavy atom. The van der Waals surface area contributed by atoms with E-state index in [0.29, 0.717) is 0 Å². The Balaban J connectivity index is 3.29. The largest absolute Gasteiger partial charge is 0.433 e. The van der Waals surface area contributed by atoms with E-state index in [0.717, 1.165) is 12.1 Å². The van der Waals surface area contributed by atoms with E-state index >= 15 is 0 Å². The Bertz CT molecular complexity index is 504. The molecule has 1 aromatic rings. The zero-order chi connectivity index (χ0) is 12.5. The molecule has 0 atom stereocenters. The molecule has 0 N–H and O–H groups in total. The van der Waals surface area contributed by atoms with Crippen molar-refractivity contribution in [2.45, 2.75) is 11.5 Å². The van der Waals surface area contributed by atoms with Gasteiger partial charge >= 0.3 is 6.61 Å². The highest BCUT2D eigenvalue weighted by atomic mass is 35.7. The van der Waals surface area contributed by atoms with Crippen LogP contribution in [0.5, 0.6) is 5.75 Å². The van der Waals surface area contributed by atoms with Crippen LogP contribution in [0, 0.1) is 0 Å². The van der Waals surface area contributed by atoms with Crippen LogP contribution in [0.15, 0.2) is 17.0 Å². The van der Waals surface area contributed by atoms with Gasteiger partial charge < -0.3 is 4.74 Å². The van der Waals surface area contributed by atoms with E-state index in [2.05, 4.69) is 4.74 Å². The molecule has 0 saturated heterocycles. The van der Waals surface area contributed by atoms with Crippen molar-refractivity contribution in [3.8, 4) is 5.75 Å². The van der Waals surface area contributed by atoms with Crippen molar-refractivity contribution >= 4 is 42.9 Å². The van der Waals surface area contributed by atoms with Crippen LogP contribution in [0.2, 0.25) is 10.0 Å². The fourth-order valence-electron chi connectivity index (χ4n) is 0.889. The van der Waals surface area contributed by atoms with Gasteiger partial charge in [0.2, 0.25) is 0 Å².